The summed E-state index contributed by atoms with van der Waals surface area (Å²) in [5.41, 5.74) is 5.70. The molecule has 1 fully saturated rings. The summed E-state index contributed by atoms with van der Waals surface area (Å²) in [6.07, 6.45) is 2.34. The Labute approximate surface area is 75.9 Å². The molecule has 0 bridgehead atoms. The number of nitrogens with one attached hydrogen (secondary N) is 1. The first-order valence-electron chi connectivity index (χ1n) is 5.08. The average molecular weight is 170 g/mol. The van der Waals surface area contributed by atoms with Crippen LogP contribution in [0.25, 0.3) is 0 Å². The number of rotatable bonds is 4. The van der Waals surface area contributed by atoms with Crippen LogP contribution in [0.5, 0.6) is 0 Å². The second-order valence-corrected chi connectivity index (χ2v) is 4.56. The summed E-state index contributed by atoms with van der Waals surface area (Å²) in [5.74, 6) is 1.56. The molecule has 12 heavy (non-hydrogen) atoms. The van der Waals surface area contributed by atoms with Gasteiger partial charge in [-0.15, -0.1) is 0 Å². The molecular weight excluding hydrogens is 148 g/mol. The van der Waals surface area contributed by atoms with Crippen molar-refractivity contribution in [3.05, 3.63) is 0 Å². The molecule has 0 aromatic rings. The van der Waals surface area contributed by atoms with Crippen LogP contribution in [-0.4, -0.2) is 18.6 Å². The van der Waals surface area contributed by atoms with Gasteiger partial charge in [-0.2, -0.15) is 0 Å². The lowest BCUT2D eigenvalue weighted by atomic mass is 9.87. The van der Waals surface area contributed by atoms with Gasteiger partial charge in [0.1, 0.15) is 0 Å². The Morgan fingerprint density at radius 1 is 1.33 bits per heavy atom. The van der Waals surface area contributed by atoms with Gasteiger partial charge in [-0.25, -0.2) is 0 Å². The molecule has 0 heterocycles. The van der Waals surface area contributed by atoms with Crippen LogP contribution >= 0.6 is 0 Å². The predicted octanol–water partition coefficient (Wildman–Crippen LogP) is 1.36. The molecule has 2 heteroatoms. The van der Waals surface area contributed by atoms with Crippen LogP contribution in [-0.2, 0) is 0 Å². The molecular formula is C10H22N2. The summed E-state index contributed by atoms with van der Waals surface area (Å²) in [6.45, 7) is 8.00. The molecule has 3 N–H and O–H groups in total. The Bertz CT molecular complexity index is 128. The van der Waals surface area contributed by atoms with Crippen LogP contribution in [0, 0.1) is 11.8 Å². The van der Waals surface area contributed by atoms with Crippen molar-refractivity contribution in [2.75, 3.05) is 6.54 Å². The highest BCUT2D eigenvalue weighted by Crippen LogP contribution is 2.18. The fourth-order valence-electron chi connectivity index (χ4n) is 1.42. The predicted molar refractivity (Wildman–Crippen MR) is 53.0 cm³/mol. The smallest absolute Gasteiger partial charge is 0.00966 e. The SMILES string of the molecule is CC(C)C(C)CNC1CC(N)C1. The molecule has 1 rings (SSSR count). The first-order valence-corrected chi connectivity index (χ1v) is 5.08. The van der Waals surface area contributed by atoms with Crippen molar-refractivity contribution < 1.29 is 0 Å². The summed E-state index contributed by atoms with van der Waals surface area (Å²) in [7, 11) is 0. The van der Waals surface area contributed by atoms with Gasteiger partial charge in [0, 0.05) is 12.1 Å². The van der Waals surface area contributed by atoms with Gasteiger partial charge in [0.05, 0.1) is 0 Å². The van der Waals surface area contributed by atoms with Crippen molar-refractivity contribution in [2.24, 2.45) is 17.6 Å². The van der Waals surface area contributed by atoms with Gasteiger partial charge in [0.2, 0.25) is 0 Å². The molecule has 1 saturated carbocycles. The fraction of sp³-hybridized carbons (Fsp3) is 1.00. The number of hydrogen-bond acceptors (Lipinski definition) is 2. The minimum absolute atomic E-state index is 0.469. The first-order chi connectivity index (χ1) is 5.59. The van der Waals surface area contributed by atoms with Crippen LogP contribution in [0.3, 0.4) is 0 Å². The summed E-state index contributed by atoms with van der Waals surface area (Å²) < 4.78 is 0. The average Bonchev–Trinajstić information content (AvgIpc) is 1.95. The number of hydrogen-bond donors (Lipinski definition) is 2. The van der Waals surface area contributed by atoms with E-state index in [2.05, 4.69) is 26.1 Å². The largest absolute Gasteiger partial charge is 0.328 e. The molecule has 0 aliphatic heterocycles. The van der Waals surface area contributed by atoms with E-state index >= 15 is 0 Å². The second kappa shape index (κ2) is 4.24. The highest BCUT2D eigenvalue weighted by Gasteiger charge is 2.25. The normalized spacial score (nSPS) is 31.8. The topological polar surface area (TPSA) is 38.0 Å². The van der Waals surface area contributed by atoms with Crippen LogP contribution in [0.15, 0.2) is 0 Å². The fourth-order valence-corrected chi connectivity index (χ4v) is 1.42. The van der Waals surface area contributed by atoms with E-state index in [9.17, 15) is 0 Å². The zero-order chi connectivity index (χ0) is 9.14. The van der Waals surface area contributed by atoms with Gasteiger partial charge in [0.25, 0.3) is 0 Å². The summed E-state index contributed by atoms with van der Waals surface area (Å²) in [4.78, 5) is 0. The third-order valence-corrected chi connectivity index (χ3v) is 3.04. The van der Waals surface area contributed by atoms with Crippen LogP contribution in [0.4, 0.5) is 0 Å². The zero-order valence-corrected chi connectivity index (χ0v) is 8.51. The van der Waals surface area contributed by atoms with Crippen molar-refractivity contribution >= 4 is 0 Å². The Hall–Kier alpha value is -0.0800. The third-order valence-electron chi connectivity index (χ3n) is 3.04. The number of nitrogens with two attached hydrogens (primary N) is 1. The monoisotopic (exact) mass is 170 g/mol. The molecule has 72 valence electrons. The van der Waals surface area contributed by atoms with E-state index in [0.29, 0.717) is 12.1 Å². The molecule has 0 amide bonds. The molecule has 2 nitrogen and oxygen atoms in total. The van der Waals surface area contributed by atoms with Gasteiger partial charge in [-0.3, -0.25) is 0 Å². The summed E-state index contributed by atoms with van der Waals surface area (Å²) in [6, 6.07) is 1.18. The minimum atomic E-state index is 0.469. The van der Waals surface area contributed by atoms with Gasteiger partial charge in [-0.05, 0) is 31.2 Å². The maximum absolute atomic E-state index is 5.70. The zero-order valence-electron chi connectivity index (χ0n) is 8.51. The Kier molecular flexibility index (Phi) is 3.53. The summed E-state index contributed by atoms with van der Waals surface area (Å²) in [5, 5.41) is 3.55. The van der Waals surface area contributed by atoms with E-state index in [-0.39, 0.29) is 0 Å². The van der Waals surface area contributed by atoms with Crippen LogP contribution in [0.2, 0.25) is 0 Å². The molecule has 0 aromatic heterocycles. The molecule has 1 aliphatic rings. The first kappa shape index (κ1) is 10.0. The standard InChI is InChI=1S/C10H22N2/c1-7(2)8(3)6-12-10-4-9(11)5-10/h7-10,12H,4-6,11H2,1-3H3. The van der Waals surface area contributed by atoms with Crippen molar-refractivity contribution in [3.63, 3.8) is 0 Å². The van der Waals surface area contributed by atoms with E-state index in [1.54, 1.807) is 0 Å². The van der Waals surface area contributed by atoms with Crippen LogP contribution in [0.1, 0.15) is 33.6 Å². The van der Waals surface area contributed by atoms with Gasteiger partial charge in [0.15, 0.2) is 0 Å². The molecule has 0 saturated heterocycles. The minimum Gasteiger partial charge on any atom is -0.328 e. The van der Waals surface area contributed by atoms with E-state index in [0.717, 1.165) is 18.4 Å². The quantitative estimate of drug-likeness (QED) is 0.668. The van der Waals surface area contributed by atoms with E-state index in [1.807, 2.05) is 0 Å². The summed E-state index contributed by atoms with van der Waals surface area (Å²) >= 11 is 0. The highest BCUT2D eigenvalue weighted by molar-refractivity contribution is 4.87. The maximum atomic E-state index is 5.70. The Balaban J connectivity index is 2.02. The lowest BCUT2D eigenvalue weighted by molar-refractivity contribution is 0.266. The van der Waals surface area contributed by atoms with Crippen molar-refractivity contribution in [2.45, 2.75) is 45.7 Å². The maximum Gasteiger partial charge on any atom is 0.00966 e. The molecule has 1 aliphatic carbocycles. The lowest BCUT2D eigenvalue weighted by Gasteiger charge is -2.34. The van der Waals surface area contributed by atoms with E-state index in [1.165, 1.54) is 12.8 Å². The molecule has 0 aromatic carbocycles. The van der Waals surface area contributed by atoms with E-state index < -0.39 is 0 Å². The second-order valence-electron chi connectivity index (χ2n) is 4.56. The molecule has 1 atom stereocenters. The van der Waals surface area contributed by atoms with Crippen molar-refractivity contribution in [1.82, 2.24) is 5.32 Å². The van der Waals surface area contributed by atoms with Crippen LogP contribution < -0.4 is 11.1 Å². The molecule has 0 spiro atoms. The van der Waals surface area contributed by atoms with Crippen molar-refractivity contribution in [1.29, 1.82) is 0 Å². The van der Waals surface area contributed by atoms with Crippen molar-refractivity contribution in [3.8, 4) is 0 Å². The lowest BCUT2D eigenvalue weighted by Crippen LogP contribution is -2.49. The van der Waals surface area contributed by atoms with Gasteiger partial charge in [-0.1, -0.05) is 20.8 Å². The Morgan fingerprint density at radius 2 is 1.92 bits per heavy atom. The highest BCUT2D eigenvalue weighted by atomic mass is 15.0. The molecule has 1 unspecified atom stereocenters. The third kappa shape index (κ3) is 2.76. The molecule has 0 radical (unpaired) electrons. The van der Waals surface area contributed by atoms with Gasteiger partial charge >= 0.3 is 0 Å². The Morgan fingerprint density at radius 3 is 2.33 bits per heavy atom. The van der Waals surface area contributed by atoms with E-state index in [4.69, 9.17) is 5.73 Å². The van der Waals surface area contributed by atoms with Gasteiger partial charge < -0.3 is 11.1 Å².